The maximum absolute atomic E-state index is 11.4. The van der Waals surface area contributed by atoms with Crippen LogP contribution in [0.15, 0.2) is 22.7 Å². The van der Waals surface area contributed by atoms with Gasteiger partial charge in [0.2, 0.25) is 0 Å². The number of esters is 1. The monoisotopic (exact) mass is 327 g/mol. The highest BCUT2D eigenvalue weighted by molar-refractivity contribution is 9.10. The third-order valence-electron chi connectivity index (χ3n) is 3.11. The zero-order valence-corrected chi connectivity index (χ0v) is 13.4. The van der Waals surface area contributed by atoms with Gasteiger partial charge in [0, 0.05) is 17.1 Å². The first kappa shape index (κ1) is 16.2. The standard InChI is InChI=1S/C15H22BrNO2/c1-4-5-6-11(2)17-10-13-8-7-12(9-14(13)16)15(18)19-3/h7-9,11,17H,4-6,10H2,1-3H3. The molecule has 106 valence electrons. The van der Waals surface area contributed by atoms with Gasteiger partial charge in [-0.15, -0.1) is 0 Å². The van der Waals surface area contributed by atoms with E-state index in [0.29, 0.717) is 11.6 Å². The number of halogens is 1. The average molecular weight is 328 g/mol. The molecule has 4 heteroatoms. The van der Waals surface area contributed by atoms with Crippen molar-refractivity contribution in [2.24, 2.45) is 0 Å². The van der Waals surface area contributed by atoms with Gasteiger partial charge in [0.1, 0.15) is 0 Å². The van der Waals surface area contributed by atoms with Crippen LogP contribution in [0.2, 0.25) is 0 Å². The molecule has 0 saturated carbocycles. The molecule has 1 atom stereocenters. The molecular formula is C15H22BrNO2. The van der Waals surface area contributed by atoms with Crippen molar-refractivity contribution in [3.05, 3.63) is 33.8 Å². The van der Waals surface area contributed by atoms with Crippen molar-refractivity contribution >= 4 is 21.9 Å². The lowest BCUT2D eigenvalue weighted by molar-refractivity contribution is 0.0600. The molecule has 1 N–H and O–H groups in total. The zero-order chi connectivity index (χ0) is 14.3. The van der Waals surface area contributed by atoms with Crippen LogP contribution < -0.4 is 5.32 Å². The minimum absolute atomic E-state index is 0.309. The highest BCUT2D eigenvalue weighted by Crippen LogP contribution is 2.19. The van der Waals surface area contributed by atoms with E-state index in [1.165, 1.54) is 26.4 Å². The van der Waals surface area contributed by atoms with Crippen LogP contribution in [0.3, 0.4) is 0 Å². The smallest absolute Gasteiger partial charge is 0.337 e. The summed E-state index contributed by atoms with van der Waals surface area (Å²) in [5.41, 5.74) is 1.72. The summed E-state index contributed by atoms with van der Waals surface area (Å²) in [6, 6.07) is 6.06. The fraction of sp³-hybridized carbons (Fsp3) is 0.533. The number of ether oxygens (including phenoxy) is 1. The van der Waals surface area contributed by atoms with Gasteiger partial charge in [-0.25, -0.2) is 4.79 Å². The first-order valence-electron chi connectivity index (χ1n) is 6.68. The predicted octanol–water partition coefficient (Wildman–Crippen LogP) is 3.90. The summed E-state index contributed by atoms with van der Waals surface area (Å²) in [6.45, 7) is 5.20. The summed E-state index contributed by atoms with van der Waals surface area (Å²) in [6.07, 6.45) is 3.66. The molecule has 0 heterocycles. The molecule has 0 aliphatic carbocycles. The van der Waals surface area contributed by atoms with E-state index in [1.54, 1.807) is 12.1 Å². The van der Waals surface area contributed by atoms with Gasteiger partial charge in [0.25, 0.3) is 0 Å². The quantitative estimate of drug-likeness (QED) is 0.772. The van der Waals surface area contributed by atoms with Crippen LogP contribution in [0.5, 0.6) is 0 Å². The summed E-state index contributed by atoms with van der Waals surface area (Å²) < 4.78 is 5.63. The van der Waals surface area contributed by atoms with Crippen molar-refractivity contribution in [1.29, 1.82) is 0 Å². The van der Waals surface area contributed by atoms with Crippen LogP contribution in [-0.2, 0) is 11.3 Å². The molecule has 0 spiro atoms. The van der Waals surface area contributed by atoms with Gasteiger partial charge in [0.05, 0.1) is 12.7 Å². The number of carbonyl (C=O) groups is 1. The predicted molar refractivity (Wildman–Crippen MR) is 81.3 cm³/mol. The first-order valence-corrected chi connectivity index (χ1v) is 7.47. The molecule has 0 aliphatic rings. The lowest BCUT2D eigenvalue weighted by atomic mass is 10.1. The van der Waals surface area contributed by atoms with Crippen LogP contribution in [0.25, 0.3) is 0 Å². The highest BCUT2D eigenvalue weighted by Gasteiger charge is 2.09. The van der Waals surface area contributed by atoms with Crippen molar-refractivity contribution < 1.29 is 9.53 Å². The molecule has 0 bridgehead atoms. The van der Waals surface area contributed by atoms with Crippen LogP contribution >= 0.6 is 15.9 Å². The van der Waals surface area contributed by atoms with Crippen LogP contribution in [0.1, 0.15) is 49.0 Å². The van der Waals surface area contributed by atoms with E-state index < -0.39 is 0 Å². The molecule has 19 heavy (non-hydrogen) atoms. The minimum atomic E-state index is -0.309. The Balaban J connectivity index is 2.57. The second-order valence-electron chi connectivity index (χ2n) is 4.72. The Morgan fingerprint density at radius 2 is 2.21 bits per heavy atom. The highest BCUT2D eigenvalue weighted by atomic mass is 79.9. The van der Waals surface area contributed by atoms with Gasteiger partial charge in [-0.05, 0) is 31.0 Å². The van der Waals surface area contributed by atoms with Gasteiger partial charge in [-0.2, -0.15) is 0 Å². The molecule has 1 rings (SSSR count). The SMILES string of the molecule is CCCCC(C)NCc1ccc(C(=O)OC)cc1Br. The van der Waals surface area contributed by atoms with Gasteiger partial charge in [0.15, 0.2) is 0 Å². The van der Waals surface area contributed by atoms with E-state index >= 15 is 0 Å². The van der Waals surface area contributed by atoms with Crippen LogP contribution in [-0.4, -0.2) is 19.1 Å². The van der Waals surface area contributed by atoms with Crippen molar-refractivity contribution in [3.8, 4) is 0 Å². The van der Waals surface area contributed by atoms with Gasteiger partial charge in [-0.1, -0.05) is 41.8 Å². The maximum atomic E-state index is 11.4. The molecule has 0 aliphatic heterocycles. The zero-order valence-electron chi connectivity index (χ0n) is 11.8. The van der Waals surface area contributed by atoms with Crippen molar-refractivity contribution in [2.75, 3.05) is 7.11 Å². The summed E-state index contributed by atoms with van der Waals surface area (Å²) in [4.78, 5) is 11.4. The number of rotatable bonds is 7. The summed E-state index contributed by atoms with van der Waals surface area (Å²) in [5.74, 6) is -0.309. The van der Waals surface area contributed by atoms with Gasteiger partial charge < -0.3 is 10.1 Å². The molecule has 3 nitrogen and oxygen atoms in total. The number of hydrogen-bond acceptors (Lipinski definition) is 3. The molecule has 0 radical (unpaired) electrons. The molecular weight excluding hydrogens is 306 g/mol. The Hall–Kier alpha value is -0.870. The van der Waals surface area contributed by atoms with E-state index in [-0.39, 0.29) is 5.97 Å². The molecule has 1 aromatic carbocycles. The molecule has 1 unspecified atom stereocenters. The van der Waals surface area contributed by atoms with E-state index in [1.807, 2.05) is 6.07 Å². The summed E-state index contributed by atoms with van der Waals surface area (Å²) >= 11 is 3.50. The Bertz CT molecular complexity index is 421. The molecule has 0 aromatic heterocycles. The Kier molecular flexibility index (Phi) is 7.10. The lowest BCUT2D eigenvalue weighted by Gasteiger charge is -2.14. The number of benzene rings is 1. The maximum Gasteiger partial charge on any atom is 0.337 e. The molecule has 0 fully saturated rings. The Labute approximate surface area is 123 Å². The number of carbonyl (C=O) groups excluding carboxylic acids is 1. The van der Waals surface area contributed by atoms with Crippen molar-refractivity contribution in [1.82, 2.24) is 5.32 Å². The van der Waals surface area contributed by atoms with E-state index in [4.69, 9.17) is 4.74 Å². The van der Waals surface area contributed by atoms with Gasteiger partial charge >= 0.3 is 5.97 Å². The summed E-state index contributed by atoms with van der Waals surface area (Å²) in [7, 11) is 1.39. The van der Waals surface area contributed by atoms with E-state index in [0.717, 1.165) is 16.6 Å². The second kappa shape index (κ2) is 8.33. The second-order valence-corrected chi connectivity index (χ2v) is 5.58. The fourth-order valence-corrected chi connectivity index (χ4v) is 2.35. The Morgan fingerprint density at radius 1 is 1.47 bits per heavy atom. The number of methoxy groups -OCH3 is 1. The molecule has 0 amide bonds. The third kappa shape index (κ3) is 5.33. The van der Waals surface area contributed by atoms with Gasteiger partial charge in [-0.3, -0.25) is 0 Å². The van der Waals surface area contributed by atoms with E-state index in [2.05, 4.69) is 35.1 Å². The number of nitrogens with one attached hydrogen (secondary N) is 1. The first-order chi connectivity index (χ1) is 9.08. The van der Waals surface area contributed by atoms with Crippen molar-refractivity contribution in [2.45, 2.75) is 45.7 Å². The lowest BCUT2D eigenvalue weighted by Crippen LogP contribution is -2.25. The van der Waals surface area contributed by atoms with Crippen molar-refractivity contribution in [3.63, 3.8) is 0 Å². The average Bonchev–Trinajstić information content (AvgIpc) is 2.42. The Morgan fingerprint density at radius 3 is 2.79 bits per heavy atom. The van der Waals surface area contributed by atoms with Crippen LogP contribution in [0.4, 0.5) is 0 Å². The molecule has 1 aromatic rings. The van der Waals surface area contributed by atoms with Crippen LogP contribution in [0, 0.1) is 0 Å². The third-order valence-corrected chi connectivity index (χ3v) is 3.84. The number of unbranched alkanes of at least 4 members (excludes halogenated alkanes) is 1. The minimum Gasteiger partial charge on any atom is -0.465 e. The summed E-state index contributed by atoms with van der Waals surface area (Å²) in [5, 5.41) is 3.49. The number of hydrogen-bond donors (Lipinski definition) is 1. The normalized spacial score (nSPS) is 12.2. The fourth-order valence-electron chi connectivity index (χ4n) is 1.83. The largest absolute Gasteiger partial charge is 0.465 e. The molecule has 0 saturated heterocycles. The van der Waals surface area contributed by atoms with E-state index in [9.17, 15) is 4.79 Å². The topological polar surface area (TPSA) is 38.3 Å².